The van der Waals surface area contributed by atoms with Crippen molar-refractivity contribution in [3.8, 4) is 5.75 Å². The van der Waals surface area contributed by atoms with Gasteiger partial charge in [0.1, 0.15) is 5.75 Å². The van der Waals surface area contributed by atoms with Crippen LogP contribution in [0.3, 0.4) is 0 Å². The first kappa shape index (κ1) is 18.5. The molecule has 1 aliphatic carbocycles. The average Bonchev–Trinajstić information content (AvgIpc) is 3.24. The smallest absolute Gasteiger partial charge is 0.315 e. The van der Waals surface area contributed by atoms with Gasteiger partial charge in [-0.15, -0.1) is 17.5 Å². The van der Waals surface area contributed by atoms with Gasteiger partial charge in [-0.2, -0.15) is 0 Å². The summed E-state index contributed by atoms with van der Waals surface area (Å²) in [4.78, 5) is 0. The summed E-state index contributed by atoms with van der Waals surface area (Å²) in [7, 11) is 3.55. The van der Waals surface area contributed by atoms with E-state index in [2.05, 4.69) is 33.0 Å². The van der Waals surface area contributed by atoms with Crippen molar-refractivity contribution in [3.63, 3.8) is 0 Å². The van der Waals surface area contributed by atoms with Gasteiger partial charge in [0.15, 0.2) is 0 Å². The lowest BCUT2D eigenvalue weighted by molar-refractivity contribution is 0.412. The van der Waals surface area contributed by atoms with Crippen molar-refractivity contribution < 1.29 is 9.15 Å². The van der Waals surface area contributed by atoms with Crippen LogP contribution >= 0.6 is 12.4 Å². The number of ether oxygens (including phenoxy) is 1. The molecule has 3 rings (SSSR count). The third-order valence-corrected chi connectivity index (χ3v) is 4.64. The maximum absolute atomic E-state index is 5.59. The van der Waals surface area contributed by atoms with Gasteiger partial charge in [-0.3, -0.25) is 0 Å². The molecule has 1 fully saturated rings. The second-order valence-electron chi connectivity index (χ2n) is 6.10. The Morgan fingerprint density at radius 1 is 1.17 bits per heavy atom. The first-order chi connectivity index (χ1) is 11.3. The molecule has 1 heterocycles. The van der Waals surface area contributed by atoms with Crippen LogP contribution in [-0.4, -0.2) is 30.9 Å². The maximum atomic E-state index is 5.59. The number of rotatable bonds is 7. The quantitative estimate of drug-likeness (QED) is 0.797. The van der Waals surface area contributed by atoms with Crippen LogP contribution in [-0.2, 0) is 12.0 Å². The van der Waals surface area contributed by atoms with Crippen LogP contribution in [0.1, 0.15) is 37.1 Å². The lowest BCUT2D eigenvalue weighted by Gasteiger charge is -2.29. The molecule has 0 radical (unpaired) electrons. The van der Waals surface area contributed by atoms with Crippen molar-refractivity contribution in [1.29, 1.82) is 0 Å². The molecule has 1 saturated carbocycles. The number of hydrogen-bond donors (Lipinski definition) is 2. The van der Waals surface area contributed by atoms with E-state index in [1.165, 1.54) is 31.2 Å². The summed E-state index contributed by atoms with van der Waals surface area (Å²) in [5, 5.41) is 14.4. The molecule has 1 aromatic carbocycles. The van der Waals surface area contributed by atoms with Crippen LogP contribution in [0.15, 0.2) is 28.7 Å². The van der Waals surface area contributed by atoms with Crippen LogP contribution in [0.2, 0.25) is 0 Å². The molecule has 0 spiro atoms. The Balaban J connectivity index is 0.00000208. The summed E-state index contributed by atoms with van der Waals surface area (Å²) in [5.41, 5.74) is 1.47. The van der Waals surface area contributed by atoms with Crippen molar-refractivity contribution in [1.82, 2.24) is 15.5 Å². The number of aromatic nitrogens is 2. The molecule has 6 nitrogen and oxygen atoms in total. The number of nitrogens with one attached hydrogen (secondary N) is 2. The van der Waals surface area contributed by atoms with Crippen LogP contribution in [0.5, 0.6) is 5.75 Å². The van der Waals surface area contributed by atoms with Gasteiger partial charge in [0.25, 0.3) is 0 Å². The molecule has 0 aliphatic heterocycles. The van der Waals surface area contributed by atoms with Crippen molar-refractivity contribution in [2.24, 2.45) is 0 Å². The summed E-state index contributed by atoms with van der Waals surface area (Å²) in [6.07, 6.45) is 4.85. The molecular weight excluding hydrogens is 328 g/mol. The average molecular weight is 353 g/mol. The largest absolute Gasteiger partial charge is 0.497 e. The zero-order valence-corrected chi connectivity index (χ0v) is 15.0. The van der Waals surface area contributed by atoms with Crippen LogP contribution in [0, 0.1) is 0 Å². The van der Waals surface area contributed by atoms with E-state index in [1.807, 2.05) is 19.2 Å². The zero-order chi connectivity index (χ0) is 16.1. The van der Waals surface area contributed by atoms with Gasteiger partial charge in [0.05, 0.1) is 13.7 Å². The minimum absolute atomic E-state index is 0. The van der Waals surface area contributed by atoms with E-state index < -0.39 is 0 Å². The highest BCUT2D eigenvalue weighted by molar-refractivity contribution is 5.85. The normalized spacial score (nSPS) is 15.8. The summed E-state index contributed by atoms with van der Waals surface area (Å²) in [5.74, 6) is 1.49. The van der Waals surface area contributed by atoms with Gasteiger partial charge in [-0.05, 0) is 37.6 Å². The van der Waals surface area contributed by atoms with Crippen LogP contribution in [0.4, 0.5) is 6.01 Å². The number of anilines is 1. The van der Waals surface area contributed by atoms with E-state index in [0.717, 1.165) is 12.3 Å². The van der Waals surface area contributed by atoms with Gasteiger partial charge < -0.3 is 19.8 Å². The Morgan fingerprint density at radius 2 is 1.88 bits per heavy atom. The molecule has 0 unspecified atom stereocenters. The van der Waals surface area contributed by atoms with Gasteiger partial charge >= 0.3 is 6.01 Å². The Kier molecular flexibility index (Phi) is 6.45. The number of hydrogen-bond acceptors (Lipinski definition) is 6. The predicted molar refractivity (Wildman–Crippen MR) is 95.9 cm³/mol. The molecule has 24 heavy (non-hydrogen) atoms. The van der Waals surface area contributed by atoms with Crippen LogP contribution < -0.4 is 15.4 Å². The van der Waals surface area contributed by atoms with E-state index in [4.69, 9.17) is 9.15 Å². The summed E-state index contributed by atoms with van der Waals surface area (Å²) in [6, 6.07) is 8.91. The lowest BCUT2D eigenvalue weighted by Crippen LogP contribution is -2.31. The fraction of sp³-hybridized carbons (Fsp3) is 0.529. The van der Waals surface area contributed by atoms with Crippen molar-refractivity contribution in [2.45, 2.75) is 37.6 Å². The fourth-order valence-electron chi connectivity index (χ4n) is 3.36. The molecule has 7 heteroatoms. The molecule has 2 N–H and O–H groups in total. The highest BCUT2D eigenvalue weighted by atomic mass is 35.5. The molecule has 0 bridgehead atoms. The lowest BCUT2D eigenvalue weighted by atomic mass is 9.79. The maximum Gasteiger partial charge on any atom is 0.315 e. The predicted octanol–water partition coefficient (Wildman–Crippen LogP) is 3.14. The van der Waals surface area contributed by atoms with Crippen molar-refractivity contribution in [3.05, 3.63) is 35.7 Å². The highest BCUT2D eigenvalue weighted by Gasteiger charge is 2.35. The molecule has 1 aliphatic rings. The Labute approximate surface area is 148 Å². The van der Waals surface area contributed by atoms with Gasteiger partial charge in [-0.25, -0.2) is 0 Å². The van der Waals surface area contributed by atoms with E-state index in [9.17, 15) is 0 Å². The Bertz CT molecular complexity index is 624. The first-order valence-electron chi connectivity index (χ1n) is 8.11. The molecule has 132 valence electrons. The summed E-state index contributed by atoms with van der Waals surface area (Å²) in [6.45, 7) is 1.39. The van der Waals surface area contributed by atoms with E-state index in [-0.39, 0.29) is 17.8 Å². The Hall–Kier alpha value is -1.79. The molecule has 1 aromatic heterocycles. The minimum atomic E-state index is 0. The highest BCUT2D eigenvalue weighted by Crippen LogP contribution is 2.41. The SMILES string of the molecule is CNCc1nnc(NCC2(c3ccc(OC)cc3)CCCC2)o1.Cl. The Morgan fingerprint density at radius 3 is 2.50 bits per heavy atom. The zero-order valence-electron chi connectivity index (χ0n) is 14.2. The fourth-order valence-corrected chi connectivity index (χ4v) is 3.36. The number of nitrogens with zero attached hydrogens (tertiary/aromatic N) is 2. The third-order valence-electron chi connectivity index (χ3n) is 4.64. The topological polar surface area (TPSA) is 72.2 Å². The number of halogens is 1. The molecule has 2 aromatic rings. The third kappa shape index (κ3) is 3.99. The second-order valence-corrected chi connectivity index (χ2v) is 6.10. The minimum Gasteiger partial charge on any atom is -0.497 e. The second kappa shape index (κ2) is 8.35. The summed E-state index contributed by atoms with van der Waals surface area (Å²) >= 11 is 0. The summed E-state index contributed by atoms with van der Waals surface area (Å²) < 4.78 is 10.9. The molecular formula is C17H25ClN4O2. The van der Waals surface area contributed by atoms with E-state index >= 15 is 0 Å². The van der Waals surface area contributed by atoms with E-state index in [0.29, 0.717) is 18.5 Å². The van der Waals surface area contributed by atoms with Crippen molar-refractivity contribution >= 4 is 18.4 Å². The standard InChI is InChI=1S/C17H24N4O2.ClH/c1-18-11-15-20-21-16(23-15)19-12-17(9-3-4-10-17)13-5-7-14(22-2)8-6-13;/h5-8,18H,3-4,9-12H2,1-2H3,(H,19,21);1H. The molecule has 0 atom stereocenters. The van der Waals surface area contributed by atoms with Gasteiger partial charge in [0.2, 0.25) is 5.89 Å². The molecule has 0 saturated heterocycles. The van der Waals surface area contributed by atoms with Gasteiger partial charge in [-0.1, -0.05) is 30.1 Å². The van der Waals surface area contributed by atoms with E-state index in [1.54, 1.807) is 7.11 Å². The van der Waals surface area contributed by atoms with Gasteiger partial charge in [0, 0.05) is 12.0 Å². The molecule has 0 amide bonds. The monoisotopic (exact) mass is 352 g/mol. The number of methoxy groups -OCH3 is 1. The first-order valence-corrected chi connectivity index (χ1v) is 8.11. The van der Waals surface area contributed by atoms with Crippen molar-refractivity contribution in [2.75, 3.05) is 26.0 Å². The van der Waals surface area contributed by atoms with Crippen LogP contribution in [0.25, 0.3) is 0 Å². The number of benzene rings is 1.